The Bertz CT molecular complexity index is 2200. The van der Waals surface area contributed by atoms with Gasteiger partial charge in [0.1, 0.15) is 22.3 Å². The van der Waals surface area contributed by atoms with Crippen LogP contribution in [0.5, 0.6) is 5.75 Å². The van der Waals surface area contributed by atoms with Crippen molar-refractivity contribution in [2.45, 2.75) is 24.5 Å². The van der Waals surface area contributed by atoms with Crippen LogP contribution in [0, 0.1) is 18.3 Å². The molecule has 0 aliphatic heterocycles. The summed E-state index contributed by atoms with van der Waals surface area (Å²) in [6.45, 7) is 1.23. The van der Waals surface area contributed by atoms with Crippen LogP contribution >= 0.6 is 23.2 Å². The van der Waals surface area contributed by atoms with Gasteiger partial charge in [0, 0.05) is 45.9 Å². The summed E-state index contributed by atoms with van der Waals surface area (Å²) in [6.07, 6.45) is -3.51. The van der Waals surface area contributed by atoms with Gasteiger partial charge in [-0.2, -0.15) is 27.8 Å². The van der Waals surface area contributed by atoms with Crippen molar-refractivity contribution in [3.63, 3.8) is 0 Å². The molecule has 236 valence electrons. The van der Waals surface area contributed by atoms with Gasteiger partial charge in [0.25, 0.3) is 5.56 Å². The van der Waals surface area contributed by atoms with Gasteiger partial charge in [-0.3, -0.25) is 4.79 Å². The van der Waals surface area contributed by atoms with E-state index in [1.807, 2.05) is 6.07 Å². The third-order valence-corrected chi connectivity index (χ3v) is 9.67. The maximum absolute atomic E-state index is 13.6. The van der Waals surface area contributed by atoms with Gasteiger partial charge in [0.15, 0.2) is 0 Å². The zero-order valence-electron chi connectivity index (χ0n) is 23.9. The van der Waals surface area contributed by atoms with Crippen LogP contribution in [0.2, 0.25) is 10.0 Å². The third kappa shape index (κ3) is 6.12. The number of hydrogen-bond donors (Lipinski definition) is 2. The number of aromatic nitrogens is 3. The van der Waals surface area contributed by atoms with Crippen molar-refractivity contribution in [2.24, 2.45) is 0 Å². The number of nitrogens with one attached hydrogen (secondary N) is 1. The molecule has 0 saturated heterocycles. The van der Waals surface area contributed by atoms with Crippen molar-refractivity contribution < 1.29 is 26.7 Å². The number of phenolic OH excluding ortho intramolecular Hbond substituents is 1. The summed E-state index contributed by atoms with van der Waals surface area (Å²) in [5, 5.41) is 25.1. The third-order valence-electron chi connectivity index (χ3n) is 7.22. The largest absolute Gasteiger partial charge is 0.507 e. The number of benzene rings is 3. The lowest BCUT2D eigenvalue weighted by atomic mass is 9.96. The van der Waals surface area contributed by atoms with Crippen LogP contribution in [0.3, 0.4) is 0 Å². The van der Waals surface area contributed by atoms with E-state index in [1.54, 1.807) is 37.3 Å². The van der Waals surface area contributed by atoms with Crippen molar-refractivity contribution in [3.8, 4) is 39.9 Å². The Kier molecular flexibility index (Phi) is 8.76. The van der Waals surface area contributed by atoms with E-state index in [0.717, 1.165) is 16.4 Å². The number of sulfonamides is 1. The summed E-state index contributed by atoms with van der Waals surface area (Å²) in [5.41, 5.74) is -2.12. The predicted octanol–water partition coefficient (Wildman–Crippen LogP) is 6.93. The summed E-state index contributed by atoms with van der Waals surface area (Å²) in [5.74, 6) is -0.468. The van der Waals surface area contributed by atoms with E-state index in [-0.39, 0.29) is 49.4 Å². The molecule has 0 aliphatic carbocycles. The zero-order valence-corrected chi connectivity index (χ0v) is 26.2. The van der Waals surface area contributed by atoms with Crippen LogP contribution < -0.4 is 5.56 Å². The quantitative estimate of drug-likeness (QED) is 0.191. The number of H-pyrrole nitrogens is 1. The molecule has 5 rings (SSSR count). The molecule has 0 bridgehead atoms. The molecule has 0 spiro atoms. The smallest absolute Gasteiger partial charge is 0.416 e. The minimum absolute atomic E-state index is 0.0468. The molecule has 2 heterocycles. The van der Waals surface area contributed by atoms with Gasteiger partial charge >= 0.3 is 6.18 Å². The van der Waals surface area contributed by atoms with Crippen LogP contribution in [0.1, 0.15) is 22.4 Å². The van der Waals surface area contributed by atoms with Crippen molar-refractivity contribution in [1.82, 2.24) is 19.1 Å². The monoisotopic (exact) mass is 687 g/mol. The molecule has 0 atom stereocenters. The van der Waals surface area contributed by atoms with E-state index < -0.39 is 38.6 Å². The van der Waals surface area contributed by atoms with Gasteiger partial charge in [0.05, 0.1) is 28.8 Å². The van der Waals surface area contributed by atoms with Gasteiger partial charge < -0.3 is 10.1 Å². The number of phenols is 1. The number of aromatic amines is 1. The molecular formula is C31H22Cl2F3N5O4S. The minimum Gasteiger partial charge on any atom is -0.507 e. The number of pyridine rings is 1. The molecule has 0 fully saturated rings. The first kappa shape index (κ1) is 32.8. The highest BCUT2D eigenvalue weighted by Gasteiger charge is 2.32. The van der Waals surface area contributed by atoms with Crippen molar-refractivity contribution in [1.29, 1.82) is 5.26 Å². The van der Waals surface area contributed by atoms with Gasteiger partial charge in [-0.25, -0.2) is 13.1 Å². The van der Waals surface area contributed by atoms with E-state index in [9.17, 15) is 36.8 Å². The fraction of sp³-hybridized carbons (Fsp3) is 0.129. The zero-order chi connectivity index (χ0) is 33.6. The topological polar surface area (TPSA) is 132 Å². The van der Waals surface area contributed by atoms with Crippen LogP contribution in [0.15, 0.2) is 82.6 Å². The molecule has 0 unspecified atom stereocenters. The Morgan fingerprint density at radius 3 is 2.39 bits per heavy atom. The fourth-order valence-electron chi connectivity index (χ4n) is 4.89. The first-order chi connectivity index (χ1) is 21.6. The van der Waals surface area contributed by atoms with Crippen LogP contribution in [0.4, 0.5) is 13.2 Å². The van der Waals surface area contributed by atoms with Gasteiger partial charge in [-0.05, 0) is 55.5 Å². The molecule has 2 aromatic heterocycles. The van der Waals surface area contributed by atoms with Gasteiger partial charge in [0.2, 0.25) is 10.0 Å². The summed E-state index contributed by atoms with van der Waals surface area (Å²) in [6, 6.07) is 16.9. The maximum Gasteiger partial charge on any atom is 0.416 e. The minimum atomic E-state index is -4.73. The highest BCUT2D eigenvalue weighted by atomic mass is 35.5. The van der Waals surface area contributed by atoms with Crippen molar-refractivity contribution >= 4 is 33.2 Å². The normalized spacial score (nSPS) is 12.0. The fourth-order valence-corrected chi connectivity index (χ4v) is 6.63. The Labute approximate surface area is 270 Å². The molecule has 0 saturated carbocycles. The molecule has 15 heteroatoms. The number of halogens is 5. The average molecular weight is 689 g/mol. The van der Waals surface area contributed by atoms with Crippen LogP contribution in [-0.4, -0.2) is 39.6 Å². The van der Waals surface area contributed by atoms with Crippen molar-refractivity contribution in [2.75, 3.05) is 7.05 Å². The second kappa shape index (κ2) is 12.3. The number of nitrogens with zero attached hydrogens (tertiary/aromatic N) is 4. The lowest BCUT2D eigenvalue weighted by Crippen LogP contribution is -2.27. The molecule has 9 nitrogen and oxygen atoms in total. The highest BCUT2D eigenvalue weighted by Crippen LogP contribution is 2.40. The maximum atomic E-state index is 13.6. The highest BCUT2D eigenvalue weighted by molar-refractivity contribution is 7.89. The van der Waals surface area contributed by atoms with E-state index >= 15 is 0 Å². The molecule has 2 N–H and O–H groups in total. The second-order valence-corrected chi connectivity index (χ2v) is 13.0. The van der Waals surface area contributed by atoms with E-state index in [0.29, 0.717) is 17.4 Å². The lowest BCUT2D eigenvalue weighted by molar-refractivity contribution is -0.137. The average Bonchev–Trinajstić information content (AvgIpc) is 3.40. The number of aromatic hydroxyl groups is 1. The number of hydrogen-bond acceptors (Lipinski definition) is 6. The molecule has 0 amide bonds. The Hall–Kier alpha value is -4.61. The Morgan fingerprint density at radius 2 is 1.74 bits per heavy atom. The van der Waals surface area contributed by atoms with Crippen molar-refractivity contribution in [3.05, 3.63) is 116 Å². The first-order valence-corrected chi connectivity index (χ1v) is 15.5. The van der Waals surface area contributed by atoms with E-state index in [4.69, 9.17) is 23.2 Å². The molecule has 3 aromatic carbocycles. The summed E-state index contributed by atoms with van der Waals surface area (Å²) >= 11 is 12.6. The van der Waals surface area contributed by atoms with Gasteiger partial charge in [-0.1, -0.05) is 41.4 Å². The molecular weight excluding hydrogens is 666 g/mol. The standard InChI is InChI=1S/C31H22Cl2F3N5O4S/c1-17-28(15-38-41(17)21-6-4-3-5-7-21)46(44,45)40(2)16-18-10-20(32)12-24(29(18)42)27-13-22(25(14-37)30(43)39-27)23-11-19(31(34,35)36)8-9-26(23)33/h3-13,15,42H,16H2,1-2H3,(H,39,43). The number of rotatable bonds is 7. The molecule has 5 aromatic rings. The second-order valence-electron chi connectivity index (χ2n) is 10.2. The molecule has 0 aliphatic rings. The van der Waals surface area contributed by atoms with E-state index in [2.05, 4.69) is 10.1 Å². The first-order valence-electron chi connectivity index (χ1n) is 13.3. The Morgan fingerprint density at radius 1 is 1.04 bits per heavy atom. The van der Waals surface area contributed by atoms with Gasteiger partial charge in [-0.15, -0.1) is 0 Å². The molecule has 46 heavy (non-hydrogen) atoms. The lowest BCUT2D eigenvalue weighted by Gasteiger charge is -2.19. The van der Waals surface area contributed by atoms with E-state index in [1.165, 1.54) is 36.1 Å². The summed E-state index contributed by atoms with van der Waals surface area (Å²) < 4.78 is 70.1. The Balaban J connectivity index is 1.56. The molecule has 0 radical (unpaired) electrons. The SMILES string of the molecule is Cc1c(S(=O)(=O)N(C)Cc2cc(Cl)cc(-c3cc(-c4cc(C(F)(F)F)ccc4Cl)c(C#N)c(=O)[nH]3)c2O)cnn1-c1ccccc1. The number of nitriles is 1. The summed E-state index contributed by atoms with van der Waals surface area (Å²) in [4.78, 5) is 15.3. The van der Waals surface area contributed by atoms with Crippen LogP contribution in [-0.2, 0) is 22.7 Å². The van der Waals surface area contributed by atoms with Crippen LogP contribution in [0.25, 0.3) is 28.1 Å². The number of alkyl halides is 3. The summed E-state index contributed by atoms with van der Waals surface area (Å²) in [7, 11) is -2.85. The number of para-hydroxylation sites is 1. The predicted molar refractivity (Wildman–Crippen MR) is 166 cm³/mol.